The summed E-state index contributed by atoms with van der Waals surface area (Å²) in [5.41, 5.74) is 0.779. The van der Waals surface area contributed by atoms with Gasteiger partial charge in [-0.05, 0) is 23.8 Å². The summed E-state index contributed by atoms with van der Waals surface area (Å²) < 4.78 is 0. The fraction of sp³-hybridized carbons (Fsp3) is 0.0769. The van der Waals surface area contributed by atoms with Gasteiger partial charge >= 0.3 is 0 Å². The van der Waals surface area contributed by atoms with Gasteiger partial charge in [-0.1, -0.05) is 48.2 Å². The highest BCUT2D eigenvalue weighted by molar-refractivity contribution is 8.14. The highest BCUT2D eigenvalue weighted by Gasteiger charge is 2.08. The Bertz CT molecular complexity index is 485. The van der Waals surface area contributed by atoms with E-state index in [0.29, 0.717) is 5.75 Å². The van der Waals surface area contributed by atoms with Crippen LogP contribution < -0.4 is 0 Å². The van der Waals surface area contributed by atoms with Crippen molar-refractivity contribution in [2.24, 2.45) is 0 Å². The number of hydrogen-bond donors (Lipinski definition) is 0. The molecule has 2 aromatic carbocycles. The Hall–Kier alpha value is -1.28. The molecule has 1 nitrogen and oxygen atoms in total. The number of hydrogen-bond acceptors (Lipinski definition) is 2. The second kappa shape index (κ2) is 4.49. The van der Waals surface area contributed by atoms with E-state index in [0.717, 1.165) is 16.3 Å². The van der Waals surface area contributed by atoms with Gasteiger partial charge in [0.2, 0.25) is 5.12 Å². The van der Waals surface area contributed by atoms with Gasteiger partial charge in [-0.3, -0.25) is 4.79 Å². The average molecular weight is 215 g/mol. The Morgan fingerprint density at radius 3 is 2.67 bits per heavy atom. The zero-order chi connectivity index (χ0) is 10.7. The third-order valence-electron chi connectivity index (χ3n) is 2.24. The van der Waals surface area contributed by atoms with Gasteiger partial charge in [0, 0.05) is 11.3 Å². The van der Waals surface area contributed by atoms with Crippen molar-refractivity contribution in [3.63, 3.8) is 0 Å². The number of benzene rings is 2. The van der Waals surface area contributed by atoms with Crippen LogP contribution >= 0.6 is 11.8 Å². The lowest BCUT2D eigenvalue weighted by Crippen LogP contribution is -1.94. The molecule has 0 N–H and O–H groups in total. The van der Waals surface area contributed by atoms with Gasteiger partial charge in [-0.2, -0.15) is 0 Å². The van der Waals surface area contributed by atoms with Gasteiger partial charge in [0.05, 0.1) is 0 Å². The first-order valence-corrected chi connectivity index (χ1v) is 5.75. The summed E-state index contributed by atoms with van der Waals surface area (Å²) in [6, 6.07) is 13.7. The van der Waals surface area contributed by atoms with Crippen LogP contribution in [-0.4, -0.2) is 10.9 Å². The molecule has 15 heavy (non-hydrogen) atoms. The van der Waals surface area contributed by atoms with Crippen LogP contribution in [0.3, 0.4) is 0 Å². The zero-order valence-corrected chi connectivity index (χ0v) is 9.09. The minimum absolute atomic E-state index is 0.0989. The molecule has 2 rings (SSSR count). The first-order chi connectivity index (χ1) is 7.33. The summed E-state index contributed by atoms with van der Waals surface area (Å²) in [6.07, 6.45) is 0. The van der Waals surface area contributed by atoms with Crippen LogP contribution in [0.25, 0.3) is 10.8 Å². The van der Waals surface area contributed by atoms with E-state index in [2.05, 4.69) is 6.92 Å². The molecule has 0 bridgehead atoms. The van der Waals surface area contributed by atoms with Gasteiger partial charge in [-0.15, -0.1) is 0 Å². The highest BCUT2D eigenvalue weighted by atomic mass is 32.2. The summed E-state index contributed by atoms with van der Waals surface area (Å²) in [4.78, 5) is 11.8. The minimum Gasteiger partial charge on any atom is -0.282 e. The van der Waals surface area contributed by atoms with Crippen LogP contribution in [0.1, 0.15) is 10.4 Å². The number of carbonyl (C=O) groups excluding carboxylic acids is 1. The monoisotopic (exact) mass is 215 g/mol. The van der Waals surface area contributed by atoms with Crippen molar-refractivity contribution in [3.8, 4) is 0 Å². The first kappa shape index (κ1) is 10.2. The predicted octanol–water partition coefficient (Wildman–Crippen LogP) is 3.55. The summed E-state index contributed by atoms with van der Waals surface area (Å²) in [5, 5.41) is 2.22. The summed E-state index contributed by atoms with van der Waals surface area (Å²) in [5.74, 6) is 0.571. The van der Waals surface area contributed by atoms with Crippen LogP contribution in [0.15, 0.2) is 42.5 Å². The lowest BCUT2D eigenvalue weighted by molar-refractivity contribution is 0.109. The van der Waals surface area contributed by atoms with Crippen LogP contribution in [-0.2, 0) is 0 Å². The Morgan fingerprint density at radius 2 is 1.87 bits per heavy atom. The van der Waals surface area contributed by atoms with E-state index in [1.807, 2.05) is 42.5 Å². The van der Waals surface area contributed by atoms with Crippen molar-refractivity contribution in [3.05, 3.63) is 55.0 Å². The van der Waals surface area contributed by atoms with Crippen molar-refractivity contribution in [1.29, 1.82) is 0 Å². The van der Waals surface area contributed by atoms with Gasteiger partial charge in [0.1, 0.15) is 0 Å². The molecule has 0 amide bonds. The molecular weight excluding hydrogens is 204 g/mol. The summed E-state index contributed by atoms with van der Waals surface area (Å²) in [6.45, 7) is 3.67. The number of thioether (sulfide) groups is 1. The first-order valence-electron chi connectivity index (χ1n) is 4.77. The number of carbonyl (C=O) groups is 1. The molecule has 0 saturated heterocycles. The molecule has 0 fully saturated rings. The van der Waals surface area contributed by atoms with Crippen molar-refractivity contribution in [1.82, 2.24) is 0 Å². The maximum atomic E-state index is 11.8. The predicted molar refractivity (Wildman–Crippen MR) is 66.1 cm³/mol. The topological polar surface area (TPSA) is 17.1 Å². The second-order valence-electron chi connectivity index (χ2n) is 3.16. The molecule has 0 aliphatic rings. The Labute approximate surface area is 93.5 Å². The van der Waals surface area contributed by atoms with Gasteiger partial charge in [0.15, 0.2) is 0 Å². The van der Waals surface area contributed by atoms with Crippen molar-refractivity contribution < 1.29 is 4.79 Å². The Balaban J connectivity index is 2.56. The van der Waals surface area contributed by atoms with Gasteiger partial charge in [0.25, 0.3) is 0 Å². The largest absolute Gasteiger partial charge is 0.282 e. The molecule has 2 heteroatoms. The molecule has 0 unspecified atom stereocenters. The van der Waals surface area contributed by atoms with Crippen LogP contribution in [0, 0.1) is 6.92 Å². The fourth-order valence-corrected chi connectivity index (χ4v) is 2.09. The molecule has 75 valence electrons. The molecule has 0 atom stereocenters. The molecule has 2 aromatic rings. The van der Waals surface area contributed by atoms with E-state index in [-0.39, 0.29) is 5.12 Å². The highest BCUT2D eigenvalue weighted by Crippen LogP contribution is 2.22. The molecule has 1 radical (unpaired) electrons. The maximum Gasteiger partial charge on any atom is 0.219 e. The van der Waals surface area contributed by atoms with Crippen LogP contribution in [0.5, 0.6) is 0 Å². The van der Waals surface area contributed by atoms with E-state index >= 15 is 0 Å². The third-order valence-corrected chi connectivity index (χ3v) is 2.93. The van der Waals surface area contributed by atoms with E-state index in [1.54, 1.807) is 0 Å². The number of rotatable bonds is 2. The third kappa shape index (κ3) is 2.05. The van der Waals surface area contributed by atoms with E-state index in [1.165, 1.54) is 11.8 Å². The lowest BCUT2D eigenvalue weighted by Gasteiger charge is -2.03. The number of fused-ring (bicyclic) bond motifs is 1. The quantitative estimate of drug-likeness (QED) is 0.762. The Morgan fingerprint density at radius 1 is 1.13 bits per heavy atom. The maximum absolute atomic E-state index is 11.8. The minimum atomic E-state index is 0.0989. The summed E-state index contributed by atoms with van der Waals surface area (Å²) >= 11 is 1.25. The SMILES string of the molecule is [CH2]CSC(=O)c1cccc2ccccc12. The van der Waals surface area contributed by atoms with Crippen LogP contribution in [0.2, 0.25) is 0 Å². The van der Waals surface area contributed by atoms with Crippen molar-refractivity contribution in [2.45, 2.75) is 0 Å². The average Bonchev–Trinajstić information content (AvgIpc) is 2.28. The molecule has 0 saturated carbocycles. The molecule has 0 heterocycles. The van der Waals surface area contributed by atoms with Gasteiger partial charge < -0.3 is 0 Å². The normalized spacial score (nSPS) is 10.5. The standard InChI is InChI=1S/C13H11OS/c1-2-15-13(14)12-9-5-7-10-6-3-4-8-11(10)12/h3-9H,1-2H2. The van der Waals surface area contributed by atoms with Crippen molar-refractivity contribution in [2.75, 3.05) is 5.75 Å². The second-order valence-corrected chi connectivity index (χ2v) is 4.23. The molecule has 0 spiro atoms. The fourth-order valence-electron chi connectivity index (χ4n) is 1.57. The molecule has 0 aromatic heterocycles. The van der Waals surface area contributed by atoms with E-state index in [4.69, 9.17) is 0 Å². The van der Waals surface area contributed by atoms with E-state index < -0.39 is 0 Å². The smallest absolute Gasteiger partial charge is 0.219 e. The molecule has 0 aliphatic heterocycles. The zero-order valence-electron chi connectivity index (χ0n) is 8.27. The summed E-state index contributed by atoms with van der Waals surface area (Å²) in [7, 11) is 0. The van der Waals surface area contributed by atoms with Gasteiger partial charge in [-0.25, -0.2) is 0 Å². The van der Waals surface area contributed by atoms with Crippen LogP contribution in [0.4, 0.5) is 0 Å². The Kier molecular flexibility index (Phi) is 3.07. The lowest BCUT2D eigenvalue weighted by atomic mass is 10.1. The van der Waals surface area contributed by atoms with Crippen molar-refractivity contribution >= 4 is 27.6 Å². The molecular formula is C13H11OS. The van der Waals surface area contributed by atoms with E-state index in [9.17, 15) is 4.79 Å². The molecule has 0 aliphatic carbocycles.